The van der Waals surface area contributed by atoms with E-state index in [1.54, 1.807) is 12.1 Å². The van der Waals surface area contributed by atoms with Crippen molar-refractivity contribution in [3.8, 4) is 5.75 Å². The normalized spacial score (nSPS) is 16.2. The molecule has 0 bridgehead atoms. The SMILES string of the molecule is C=CCc1cc(/C=C2\S[C@@H](Nc3ccc(CC)cc3)NC2=O)cc(Br)c1OCc1ccc(Cl)c(Cl)c1. The Balaban J connectivity index is 1.50. The zero-order valence-electron chi connectivity index (χ0n) is 19.6. The summed E-state index contributed by atoms with van der Waals surface area (Å²) in [5, 5.41) is 7.34. The Morgan fingerprint density at radius 1 is 1.11 bits per heavy atom. The molecular formula is C28H25BrCl2N2O2S. The van der Waals surface area contributed by atoms with E-state index < -0.39 is 0 Å². The highest BCUT2D eigenvalue weighted by atomic mass is 79.9. The van der Waals surface area contributed by atoms with Crippen LogP contribution >= 0.6 is 50.9 Å². The molecule has 1 aliphatic rings. The lowest BCUT2D eigenvalue weighted by molar-refractivity contribution is -0.116. The van der Waals surface area contributed by atoms with Gasteiger partial charge in [-0.3, -0.25) is 4.79 Å². The average Bonchev–Trinajstić information content (AvgIpc) is 3.19. The first kappa shape index (κ1) is 26.7. The number of hydrogen-bond acceptors (Lipinski definition) is 4. The molecule has 1 atom stereocenters. The molecular weight excluding hydrogens is 579 g/mol. The smallest absolute Gasteiger partial charge is 0.260 e. The number of allylic oxidation sites excluding steroid dienone is 1. The number of amides is 1. The molecule has 0 aromatic heterocycles. The van der Waals surface area contributed by atoms with E-state index >= 15 is 0 Å². The van der Waals surface area contributed by atoms with Crippen LogP contribution in [0.1, 0.15) is 29.2 Å². The van der Waals surface area contributed by atoms with Gasteiger partial charge in [0.15, 0.2) is 5.50 Å². The second-order valence-corrected chi connectivity index (χ2v) is 11.0. The quantitative estimate of drug-likeness (QED) is 0.191. The van der Waals surface area contributed by atoms with Crippen LogP contribution in [0.15, 0.2) is 76.6 Å². The molecule has 0 aliphatic carbocycles. The van der Waals surface area contributed by atoms with Crippen molar-refractivity contribution in [2.24, 2.45) is 0 Å². The average molecular weight is 604 g/mol. The summed E-state index contributed by atoms with van der Waals surface area (Å²) in [6.07, 6.45) is 5.32. The number of carbonyl (C=O) groups excluding carboxylic acids is 1. The molecule has 0 saturated carbocycles. The van der Waals surface area contributed by atoms with Gasteiger partial charge in [-0.2, -0.15) is 0 Å². The highest BCUT2D eigenvalue weighted by molar-refractivity contribution is 9.10. The van der Waals surface area contributed by atoms with Crippen LogP contribution in [0.2, 0.25) is 10.0 Å². The lowest BCUT2D eigenvalue weighted by Crippen LogP contribution is -2.30. The number of rotatable bonds is 9. The van der Waals surface area contributed by atoms with Crippen LogP contribution in [0.5, 0.6) is 5.75 Å². The fourth-order valence-corrected chi connectivity index (χ4v) is 5.65. The number of halogens is 3. The third kappa shape index (κ3) is 6.68. The van der Waals surface area contributed by atoms with Gasteiger partial charge >= 0.3 is 0 Å². The Bertz CT molecular complexity index is 1310. The van der Waals surface area contributed by atoms with Crippen molar-refractivity contribution < 1.29 is 9.53 Å². The van der Waals surface area contributed by atoms with Gasteiger partial charge < -0.3 is 15.4 Å². The third-order valence-corrected chi connectivity index (χ3v) is 7.92. The molecule has 3 aromatic carbocycles. The number of carbonyl (C=O) groups is 1. The predicted octanol–water partition coefficient (Wildman–Crippen LogP) is 8.23. The summed E-state index contributed by atoms with van der Waals surface area (Å²) < 4.78 is 6.93. The van der Waals surface area contributed by atoms with Crippen LogP contribution in [-0.2, 0) is 24.2 Å². The van der Waals surface area contributed by atoms with Crippen LogP contribution in [-0.4, -0.2) is 11.4 Å². The van der Waals surface area contributed by atoms with Crippen molar-refractivity contribution in [2.45, 2.75) is 31.9 Å². The molecule has 0 unspecified atom stereocenters. The zero-order valence-corrected chi connectivity index (χ0v) is 23.5. The monoisotopic (exact) mass is 602 g/mol. The summed E-state index contributed by atoms with van der Waals surface area (Å²) in [5.74, 6) is 0.616. The number of ether oxygens (including phenoxy) is 1. The van der Waals surface area contributed by atoms with Gasteiger partial charge in [-0.1, -0.05) is 66.2 Å². The Morgan fingerprint density at radius 3 is 2.56 bits per heavy atom. The molecule has 2 N–H and O–H groups in total. The van der Waals surface area contributed by atoms with Gasteiger partial charge in [0.2, 0.25) is 0 Å². The number of thioether (sulfide) groups is 1. The van der Waals surface area contributed by atoms with Crippen molar-refractivity contribution in [3.63, 3.8) is 0 Å². The third-order valence-electron chi connectivity index (χ3n) is 5.56. The summed E-state index contributed by atoms with van der Waals surface area (Å²) in [6, 6.07) is 17.6. The maximum absolute atomic E-state index is 12.6. The summed E-state index contributed by atoms with van der Waals surface area (Å²) in [5.41, 5.74) is 4.77. The summed E-state index contributed by atoms with van der Waals surface area (Å²) in [4.78, 5) is 13.3. The van der Waals surface area contributed by atoms with Crippen molar-refractivity contribution >= 4 is 68.6 Å². The first-order valence-corrected chi connectivity index (χ1v) is 13.8. The number of anilines is 1. The standard InChI is InChI=1S/C28H25BrCl2N2O2S/c1-3-5-20-12-19(13-22(29)26(20)35-16-18-8-11-23(30)24(31)14-18)15-25-27(34)33-28(36-25)32-21-9-6-17(4-2)7-10-21/h3,6-15,28,32H,1,4-5,16H2,2H3,(H,33,34)/b25-15-/t28-/m0/s1. The van der Waals surface area contributed by atoms with Gasteiger partial charge in [-0.05, 0) is 93.5 Å². The molecule has 8 heteroatoms. The summed E-state index contributed by atoms with van der Waals surface area (Å²) in [6.45, 7) is 6.34. The van der Waals surface area contributed by atoms with E-state index in [1.807, 2.05) is 42.5 Å². The van der Waals surface area contributed by atoms with Crippen LogP contribution in [0.3, 0.4) is 0 Å². The molecule has 1 fully saturated rings. The van der Waals surface area contributed by atoms with Crippen molar-refractivity contribution in [1.29, 1.82) is 0 Å². The largest absolute Gasteiger partial charge is 0.487 e. The summed E-state index contributed by atoms with van der Waals surface area (Å²) >= 11 is 17.3. The lowest BCUT2D eigenvalue weighted by atomic mass is 10.1. The zero-order chi connectivity index (χ0) is 25.7. The van der Waals surface area contributed by atoms with E-state index in [-0.39, 0.29) is 11.4 Å². The van der Waals surface area contributed by atoms with Crippen molar-refractivity contribution in [3.05, 3.63) is 109 Å². The highest BCUT2D eigenvalue weighted by Gasteiger charge is 2.27. The van der Waals surface area contributed by atoms with Crippen molar-refractivity contribution in [2.75, 3.05) is 5.32 Å². The Kier molecular flexibility index (Phi) is 9.07. The molecule has 0 radical (unpaired) electrons. The van der Waals surface area contributed by atoms with Gasteiger partial charge in [0, 0.05) is 5.69 Å². The predicted molar refractivity (Wildman–Crippen MR) is 156 cm³/mol. The molecule has 1 aliphatic heterocycles. The van der Waals surface area contributed by atoms with Gasteiger partial charge in [0.1, 0.15) is 12.4 Å². The molecule has 0 spiro atoms. The van der Waals surface area contributed by atoms with Gasteiger partial charge in [-0.15, -0.1) is 6.58 Å². The Labute approximate surface area is 234 Å². The van der Waals surface area contributed by atoms with E-state index in [4.69, 9.17) is 27.9 Å². The maximum atomic E-state index is 12.6. The number of benzene rings is 3. The first-order valence-electron chi connectivity index (χ1n) is 11.4. The highest BCUT2D eigenvalue weighted by Crippen LogP contribution is 2.36. The Morgan fingerprint density at radius 2 is 1.86 bits per heavy atom. The topological polar surface area (TPSA) is 50.4 Å². The minimum absolute atomic E-state index is 0.107. The number of nitrogens with one attached hydrogen (secondary N) is 2. The van der Waals surface area contributed by atoms with Crippen LogP contribution in [0.4, 0.5) is 5.69 Å². The van der Waals surface area contributed by atoms with Gasteiger partial charge in [0.05, 0.1) is 19.4 Å². The van der Waals surface area contributed by atoms with E-state index in [9.17, 15) is 4.79 Å². The molecule has 1 amide bonds. The number of hydrogen-bond donors (Lipinski definition) is 2. The molecule has 1 heterocycles. The Hall–Kier alpha value is -2.38. The summed E-state index contributed by atoms with van der Waals surface area (Å²) in [7, 11) is 0. The van der Waals surface area contributed by atoms with E-state index in [0.29, 0.717) is 28.0 Å². The second-order valence-electron chi connectivity index (χ2n) is 8.20. The van der Waals surface area contributed by atoms with E-state index in [2.05, 4.69) is 52.2 Å². The minimum atomic E-state index is -0.235. The number of aryl methyl sites for hydroxylation is 1. The fourth-order valence-electron chi connectivity index (χ4n) is 3.72. The molecule has 4 rings (SSSR count). The van der Waals surface area contributed by atoms with Crippen LogP contribution < -0.4 is 15.4 Å². The van der Waals surface area contributed by atoms with Crippen LogP contribution in [0, 0.1) is 0 Å². The first-order chi connectivity index (χ1) is 17.4. The molecule has 36 heavy (non-hydrogen) atoms. The van der Waals surface area contributed by atoms with Gasteiger partial charge in [-0.25, -0.2) is 0 Å². The van der Waals surface area contributed by atoms with Crippen LogP contribution in [0.25, 0.3) is 6.08 Å². The second kappa shape index (κ2) is 12.2. The molecule has 1 saturated heterocycles. The van der Waals surface area contributed by atoms with E-state index in [0.717, 1.165) is 39.0 Å². The fraction of sp³-hybridized carbons (Fsp3) is 0.179. The minimum Gasteiger partial charge on any atom is -0.487 e. The lowest BCUT2D eigenvalue weighted by Gasteiger charge is -2.14. The maximum Gasteiger partial charge on any atom is 0.260 e. The van der Waals surface area contributed by atoms with Crippen molar-refractivity contribution in [1.82, 2.24) is 5.32 Å². The van der Waals surface area contributed by atoms with E-state index in [1.165, 1.54) is 17.3 Å². The molecule has 4 nitrogen and oxygen atoms in total. The van der Waals surface area contributed by atoms with Gasteiger partial charge in [0.25, 0.3) is 5.91 Å². The molecule has 3 aromatic rings. The molecule has 186 valence electrons.